The van der Waals surface area contributed by atoms with Crippen LogP contribution in [-0.2, 0) is 4.79 Å². The second-order valence-corrected chi connectivity index (χ2v) is 6.75. The van der Waals surface area contributed by atoms with Gasteiger partial charge in [-0.3, -0.25) is 9.59 Å². The van der Waals surface area contributed by atoms with Crippen molar-refractivity contribution in [3.8, 4) is 11.5 Å². The first-order valence-corrected chi connectivity index (χ1v) is 10.1. The van der Waals surface area contributed by atoms with Gasteiger partial charge in [-0.25, -0.2) is 0 Å². The second-order valence-electron chi connectivity index (χ2n) is 6.35. The Morgan fingerprint density at radius 3 is 2.41 bits per heavy atom. The highest BCUT2D eigenvalue weighted by molar-refractivity contribution is 6.33. The predicted molar refractivity (Wildman–Crippen MR) is 114 cm³/mol. The molecule has 2 aromatic rings. The van der Waals surface area contributed by atoms with E-state index in [9.17, 15) is 9.59 Å². The molecular weight excluding hydrogens is 392 g/mol. The molecule has 0 aliphatic rings. The fourth-order valence-electron chi connectivity index (χ4n) is 2.76. The summed E-state index contributed by atoms with van der Waals surface area (Å²) in [5.74, 6) is 0.868. The monoisotopic (exact) mass is 418 g/mol. The smallest absolute Gasteiger partial charge is 0.252 e. The standard InChI is InChI=1S/C22H27ClN2O4/c1-4-28-19-11-10-16(14-20(19)29-5-2)15(3)25-21(26)12-13-24-22(27)17-8-6-7-9-18(17)23/h6-11,14-15H,4-5,12-13H2,1-3H3,(H,24,27)(H,25,26)/t15-/m0/s1. The molecule has 2 rings (SSSR count). The van der Waals surface area contributed by atoms with Crippen molar-refractivity contribution in [2.75, 3.05) is 19.8 Å². The molecule has 2 amide bonds. The molecule has 7 heteroatoms. The number of carbonyl (C=O) groups is 2. The van der Waals surface area contributed by atoms with Crippen molar-refractivity contribution in [2.45, 2.75) is 33.2 Å². The SMILES string of the molecule is CCOc1ccc([C@H](C)NC(=O)CCNC(=O)c2ccccc2Cl)cc1OCC. The quantitative estimate of drug-likeness (QED) is 0.608. The molecule has 0 saturated carbocycles. The van der Waals surface area contributed by atoms with Crippen LogP contribution in [0, 0.1) is 0 Å². The van der Waals surface area contributed by atoms with Gasteiger partial charge in [-0.15, -0.1) is 0 Å². The Balaban J connectivity index is 1.87. The third-order valence-corrected chi connectivity index (χ3v) is 4.53. The molecule has 0 aliphatic carbocycles. The maximum absolute atomic E-state index is 12.2. The summed E-state index contributed by atoms with van der Waals surface area (Å²) < 4.78 is 11.2. The highest BCUT2D eigenvalue weighted by atomic mass is 35.5. The van der Waals surface area contributed by atoms with E-state index in [0.29, 0.717) is 35.3 Å². The van der Waals surface area contributed by atoms with Crippen molar-refractivity contribution in [1.29, 1.82) is 0 Å². The van der Waals surface area contributed by atoms with Crippen LogP contribution in [0.15, 0.2) is 42.5 Å². The van der Waals surface area contributed by atoms with E-state index < -0.39 is 0 Å². The van der Waals surface area contributed by atoms with E-state index in [1.165, 1.54) is 0 Å². The van der Waals surface area contributed by atoms with Gasteiger partial charge >= 0.3 is 0 Å². The number of benzene rings is 2. The minimum atomic E-state index is -0.302. The minimum Gasteiger partial charge on any atom is -0.490 e. The summed E-state index contributed by atoms with van der Waals surface area (Å²) in [5, 5.41) is 6.02. The summed E-state index contributed by atoms with van der Waals surface area (Å²) in [6.07, 6.45) is 0.163. The Hall–Kier alpha value is -2.73. The van der Waals surface area contributed by atoms with Gasteiger partial charge in [-0.1, -0.05) is 29.8 Å². The van der Waals surface area contributed by atoms with Crippen molar-refractivity contribution in [1.82, 2.24) is 10.6 Å². The zero-order chi connectivity index (χ0) is 21.2. The molecule has 0 radical (unpaired) electrons. The van der Waals surface area contributed by atoms with Crippen LogP contribution in [0.1, 0.15) is 49.2 Å². The first-order chi connectivity index (χ1) is 14.0. The van der Waals surface area contributed by atoms with Crippen LogP contribution >= 0.6 is 11.6 Å². The van der Waals surface area contributed by atoms with Crippen molar-refractivity contribution in [3.05, 3.63) is 58.6 Å². The molecule has 6 nitrogen and oxygen atoms in total. The van der Waals surface area contributed by atoms with Crippen LogP contribution in [0.3, 0.4) is 0 Å². The van der Waals surface area contributed by atoms with E-state index in [1.54, 1.807) is 24.3 Å². The Bertz CT molecular complexity index is 841. The summed E-state index contributed by atoms with van der Waals surface area (Å²) in [5.41, 5.74) is 1.30. The Labute approximate surface area is 176 Å². The summed E-state index contributed by atoms with van der Waals surface area (Å²) in [4.78, 5) is 24.4. The van der Waals surface area contributed by atoms with Crippen LogP contribution in [0.4, 0.5) is 0 Å². The average Bonchev–Trinajstić information content (AvgIpc) is 2.69. The van der Waals surface area contributed by atoms with Gasteiger partial charge in [0, 0.05) is 13.0 Å². The first kappa shape index (κ1) is 22.6. The van der Waals surface area contributed by atoms with Gasteiger partial charge < -0.3 is 20.1 Å². The number of amides is 2. The fraction of sp³-hybridized carbons (Fsp3) is 0.364. The number of carbonyl (C=O) groups excluding carboxylic acids is 2. The average molecular weight is 419 g/mol. The Morgan fingerprint density at radius 1 is 1.03 bits per heavy atom. The maximum atomic E-state index is 12.2. The summed E-state index contributed by atoms with van der Waals surface area (Å²) in [6.45, 7) is 7.00. The molecule has 2 aromatic carbocycles. The number of hydrogen-bond acceptors (Lipinski definition) is 4. The van der Waals surface area contributed by atoms with Crippen LogP contribution < -0.4 is 20.1 Å². The van der Waals surface area contributed by atoms with E-state index in [2.05, 4.69) is 10.6 Å². The molecule has 0 unspecified atom stereocenters. The predicted octanol–water partition coefficient (Wildman–Crippen LogP) is 4.13. The van der Waals surface area contributed by atoms with Crippen molar-refractivity contribution in [2.24, 2.45) is 0 Å². The lowest BCUT2D eigenvalue weighted by molar-refractivity contribution is -0.121. The highest BCUT2D eigenvalue weighted by Crippen LogP contribution is 2.30. The first-order valence-electron chi connectivity index (χ1n) is 9.67. The molecule has 0 heterocycles. The lowest BCUT2D eigenvalue weighted by atomic mass is 10.1. The lowest BCUT2D eigenvalue weighted by Gasteiger charge is -2.17. The number of nitrogens with one attached hydrogen (secondary N) is 2. The lowest BCUT2D eigenvalue weighted by Crippen LogP contribution is -2.32. The normalized spacial score (nSPS) is 11.4. The molecule has 0 spiro atoms. The van der Waals surface area contributed by atoms with Gasteiger partial charge in [0.1, 0.15) is 0 Å². The Morgan fingerprint density at radius 2 is 1.72 bits per heavy atom. The van der Waals surface area contributed by atoms with Gasteiger partial charge in [0.05, 0.1) is 29.8 Å². The molecule has 1 atom stereocenters. The van der Waals surface area contributed by atoms with Crippen LogP contribution in [0.5, 0.6) is 11.5 Å². The summed E-state index contributed by atoms with van der Waals surface area (Å²) in [6, 6.07) is 12.2. The van der Waals surface area contributed by atoms with Crippen LogP contribution in [0.2, 0.25) is 5.02 Å². The number of ether oxygens (including phenoxy) is 2. The van der Waals surface area contributed by atoms with Crippen molar-refractivity contribution >= 4 is 23.4 Å². The Kier molecular flexibility index (Phi) is 8.80. The number of hydrogen-bond donors (Lipinski definition) is 2. The van der Waals surface area contributed by atoms with E-state index in [1.807, 2.05) is 39.0 Å². The summed E-state index contributed by atoms with van der Waals surface area (Å²) >= 11 is 6.00. The van der Waals surface area contributed by atoms with E-state index >= 15 is 0 Å². The topological polar surface area (TPSA) is 76.7 Å². The fourth-order valence-corrected chi connectivity index (χ4v) is 2.99. The molecule has 0 fully saturated rings. The molecule has 0 aromatic heterocycles. The summed E-state index contributed by atoms with van der Waals surface area (Å²) in [7, 11) is 0. The third kappa shape index (κ3) is 6.68. The molecule has 156 valence electrons. The van der Waals surface area contributed by atoms with Crippen LogP contribution in [0.25, 0.3) is 0 Å². The van der Waals surface area contributed by atoms with Gasteiger partial charge in [-0.05, 0) is 50.6 Å². The van der Waals surface area contributed by atoms with Gasteiger partial charge in [0.25, 0.3) is 5.91 Å². The van der Waals surface area contributed by atoms with E-state index in [-0.39, 0.29) is 30.8 Å². The van der Waals surface area contributed by atoms with Gasteiger partial charge in [-0.2, -0.15) is 0 Å². The highest BCUT2D eigenvalue weighted by Gasteiger charge is 2.14. The number of rotatable bonds is 10. The molecule has 29 heavy (non-hydrogen) atoms. The molecule has 0 aliphatic heterocycles. The molecule has 2 N–H and O–H groups in total. The largest absolute Gasteiger partial charge is 0.490 e. The maximum Gasteiger partial charge on any atom is 0.252 e. The van der Waals surface area contributed by atoms with Crippen molar-refractivity contribution < 1.29 is 19.1 Å². The van der Waals surface area contributed by atoms with Crippen LogP contribution in [-0.4, -0.2) is 31.6 Å². The molecule has 0 saturated heterocycles. The number of halogens is 1. The van der Waals surface area contributed by atoms with E-state index in [4.69, 9.17) is 21.1 Å². The molecule has 0 bridgehead atoms. The second kappa shape index (κ2) is 11.3. The zero-order valence-electron chi connectivity index (χ0n) is 17.0. The third-order valence-electron chi connectivity index (χ3n) is 4.20. The minimum absolute atomic E-state index is 0.163. The van der Waals surface area contributed by atoms with E-state index in [0.717, 1.165) is 5.56 Å². The van der Waals surface area contributed by atoms with Crippen molar-refractivity contribution in [3.63, 3.8) is 0 Å². The van der Waals surface area contributed by atoms with Gasteiger partial charge in [0.15, 0.2) is 11.5 Å². The molecular formula is C22H27ClN2O4. The zero-order valence-corrected chi connectivity index (χ0v) is 17.7. The van der Waals surface area contributed by atoms with Gasteiger partial charge in [0.2, 0.25) is 5.91 Å².